The van der Waals surface area contributed by atoms with Crippen LogP contribution in [-0.2, 0) is 0 Å². The van der Waals surface area contributed by atoms with Crippen molar-refractivity contribution in [1.82, 2.24) is 9.80 Å². The van der Waals surface area contributed by atoms with E-state index in [4.69, 9.17) is 0 Å². The standard InChI is InChI=1S/C12H20N2OS/c1-5-14(10(2)9-13(3)4)12(15)11-7-6-8-16-11/h6-8,10H,5,9H2,1-4H3. The van der Waals surface area contributed by atoms with Gasteiger partial charge in [0.2, 0.25) is 0 Å². The molecule has 4 heteroatoms. The largest absolute Gasteiger partial charge is 0.334 e. The molecular weight excluding hydrogens is 220 g/mol. The molecule has 0 fully saturated rings. The summed E-state index contributed by atoms with van der Waals surface area (Å²) in [4.78, 5) is 17.0. The number of amides is 1. The second kappa shape index (κ2) is 6.01. The molecule has 1 unspecified atom stereocenters. The van der Waals surface area contributed by atoms with Crippen LogP contribution in [0.1, 0.15) is 23.5 Å². The maximum Gasteiger partial charge on any atom is 0.264 e. The molecule has 0 aromatic carbocycles. The van der Waals surface area contributed by atoms with Crippen molar-refractivity contribution in [3.8, 4) is 0 Å². The number of likely N-dealkylation sites (N-methyl/N-ethyl adjacent to an activating group) is 2. The van der Waals surface area contributed by atoms with E-state index in [0.717, 1.165) is 18.0 Å². The van der Waals surface area contributed by atoms with Gasteiger partial charge in [0.1, 0.15) is 0 Å². The van der Waals surface area contributed by atoms with Gasteiger partial charge in [-0.1, -0.05) is 6.07 Å². The van der Waals surface area contributed by atoms with Gasteiger partial charge in [0.05, 0.1) is 4.88 Å². The normalized spacial score (nSPS) is 12.8. The minimum atomic E-state index is 0.145. The van der Waals surface area contributed by atoms with Gasteiger partial charge < -0.3 is 9.80 Å². The van der Waals surface area contributed by atoms with E-state index in [0.29, 0.717) is 0 Å². The molecule has 16 heavy (non-hydrogen) atoms. The third kappa shape index (κ3) is 3.32. The number of thiophene rings is 1. The monoisotopic (exact) mass is 240 g/mol. The molecule has 1 aromatic rings. The number of rotatable bonds is 5. The molecule has 0 aliphatic heterocycles. The van der Waals surface area contributed by atoms with Crippen LogP contribution in [0.3, 0.4) is 0 Å². The van der Waals surface area contributed by atoms with E-state index in [1.165, 1.54) is 11.3 Å². The maximum absolute atomic E-state index is 12.2. The molecule has 1 aromatic heterocycles. The van der Waals surface area contributed by atoms with E-state index in [-0.39, 0.29) is 11.9 Å². The molecule has 1 heterocycles. The van der Waals surface area contributed by atoms with Crippen LogP contribution < -0.4 is 0 Å². The quantitative estimate of drug-likeness (QED) is 0.787. The Morgan fingerprint density at radius 1 is 1.50 bits per heavy atom. The summed E-state index contributed by atoms with van der Waals surface area (Å²) in [6.45, 7) is 5.77. The van der Waals surface area contributed by atoms with Crippen molar-refractivity contribution in [3.05, 3.63) is 22.4 Å². The zero-order valence-corrected chi connectivity index (χ0v) is 11.3. The van der Waals surface area contributed by atoms with Gasteiger partial charge in [-0.3, -0.25) is 4.79 Å². The molecule has 1 amide bonds. The van der Waals surface area contributed by atoms with Crippen LogP contribution in [0.2, 0.25) is 0 Å². The summed E-state index contributed by atoms with van der Waals surface area (Å²) in [5.41, 5.74) is 0. The fraction of sp³-hybridized carbons (Fsp3) is 0.583. The van der Waals surface area contributed by atoms with Crippen LogP contribution in [0, 0.1) is 0 Å². The van der Waals surface area contributed by atoms with Crippen molar-refractivity contribution in [2.24, 2.45) is 0 Å². The van der Waals surface area contributed by atoms with Crippen molar-refractivity contribution < 1.29 is 4.79 Å². The Kier molecular flexibility index (Phi) is 4.96. The average Bonchev–Trinajstić information content (AvgIpc) is 2.69. The Bertz CT molecular complexity index is 322. The van der Waals surface area contributed by atoms with Gasteiger partial charge in [-0.15, -0.1) is 11.3 Å². The highest BCUT2D eigenvalue weighted by Crippen LogP contribution is 2.14. The highest BCUT2D eigenvalue weighted by molar-refractivity contribution is 7.12. The first-order valence-electron chi connectivity index (χ1n) is 5.55. The lowest BCUT2D eigenvalue weighted by Crippen LogP contribution is -2.43. The predicted molar refractivity (Wildman–Crippen MR) is 69.0 cm³/mol. The first-order valence-corrected chi connectivity index (χ1v) is 6.43. The molecule has 1 atom stereocenters. The zero-order chi connectivity index (χ0) is 12.1. The van der Waals surface area contributed by atoms with E-state index in [9.17, 15) is 4.79 Å². The highest BCUT2D eigenvalue weighted by Gasteiger charge is 2.20. The maximum atomic E-state index is 12.2. The van der Waals surface area contributed by atoms with Gasteiger partial charge in [0.15, 0.2) is 0 Å². The smallest absolute Gasteiger partial charge is 0.264 e. The summed E-state index contributed by atoms with van der Waals surface area (Å²) in [7, 11) is 4.06. The average molecular weight is 240 g/mol. The van der Waals surface area contributed by atoms with Crippen LogP contribution in [0.25, 0.3) is 0 Å². The number of carbonyl (C=O) groups is 1. The van der Waals surface area contributed by atoms with Crippen LogP contribution in [0.15, 0.2) is 17.5 Å². The van der Waals surface area contributed by atoms with Gasteiger partial charge in [-0.25, -0.2) is 0 Å². The van der Waals surface area contributed by atoms with Gasteiger partial charge >= 0.3 is 0 Å². The number of carbonyl (C=O) groups excluding carboxylic acids is 1. The minimum Gasteiger partial charge on any atom is -0.334 e. The Morgan fingerprint density at radius 2 is 2.19 bits per heavy atom. The van der Waals surface area contributed by atoms with Crippen molar-refractivity contribution in [1.29, 1.82) is 0 Å². The van der Waals surface area contributed by atoms with Crippen LogP contribution in [-0.4, -0.2) is 48.9 Å². The van der Waals surface area contributed by atoms with E-state index in [1.807, 2.05) is 43.4 Å². The summed E-state index contributed by atoms with van der Waals surface area (Å²) in [6, 6.07) is 4.05. The molecule has 90 valence electrons. The predicted octanol–water partition coefficient (Wildman–Crippen LogP) is 2.16. The molecule has 0 radical (unpaired) electrons. The van der Waals surface area contributed by atoms with Crippen molar-refractivity contribution in [3.63, 3.8) is 0 Å². The first kappa shape index (κ1) is 13.2. The lowest BCUT2D eigenvalue weighted by atomic mass is 10.2. The highest BCUT2D eigenvalue weighted by atomic mass is 32.1. The second-order valence-electron chi connectivity index (χ2n) is 4.18. The third-order valence-electron chi connectivity index (χ3n) is 2.49. The molecule has 0 aliphatic carbocycles. The van der Waals surface area contributed by atoms with Gasteiger partial charge in [0, 0.05) is 19.1 Å². The van der Waals surface area contributed by atoms with Crippen LogP contribution in [0.5, 0.6) is 0 Å². The summed E-state index contributed by atoms with van der Waals surface area (Å²) < 4.78 is 0. The SMILES string of the molecule is CCN(C(=O)c1cccs1)C(C)CN(C)C. The number of hydrogen-bond donors (Lipinski definition) is 0. The van der Waals surface area contributed by atoms with Gasteiger partial charge in [0.25, 0.3) is 5.91 Å². The van der Waals surface area contributed by atoms with Gasteiger partial charge in [-0.2, -0.15) is 0 Å². The van der Waals surface area contributed by atoms with Gasteiger partial charge in [-0.05, 0) is 39.4 Å². The molecule has 3 nitrogen and oxygen atoms in total. The number of hydrogen-bond acceptors (Lipinski definition) is 3. The lowest BCUT2D eigenvalue weighted by Gasteiger charge is -2.29. The molecule has 0 bridgehead atoms. The summed E-state index contributed by atoms with van der Waals surface area (Å²) in [5, 5.41) is 1.94. The van der Waals surface area contributed by atoms with Crippen molar-refractivity contribution in [2.45, 2.75) is 19.9 Å². The second-order valence-corrected chi connectivity index (χ2v) is 5.13. The minimum absolute atomic E-state index is 0.145. The Balaban J connectivity index is 2.70. The Labute approximate surface area is 102 Å². The Hall–Kier alpha value is -0.870. The Morgan fingerprint density at radius 3 is 2.62 bits per heavy atom. The van der Waals surface area contributed by atoms with Crippen LogP contribution in [0.4, 0.5) is 0 Å². The fourth-order valence-corrected chi connectivity index (χ4v) is 2.50. The topological polar surface area (TPSA) is 23.6 Å². The van der Waals surface area contributed by atoms with E-state index in [2.05, 4.69) is 11.8 Å². The molecule has 0 aliphatic rings. The molecule has 0 N–H and O–H groups in total. The lowest BCUT2D eigenvalue weighted by molar-refractivity contribution is 0.0684. The summed E-state index contributed by atoms with van der Waals surface area (Å²) >= 11 is 1.51. The molecule has 0 saturated heterocycles. The van der Waals surface area contributed by atoms with Crippen molar-refractivity contribution in [2.75, 3.05) is 27.2 Å². The molecular formula is C12H20N2OS. The van der Waals surface area contributed by atoms with E-state index >= 15 is 0 Å². The summed E-state index contributed by atoms with van der Waals surface area (Å²) in [5.74, 6) is 0.145. The molecule has 1 rings (SSSR count). The fourth-order valence-electron chi connectivity index (χ4n) is 1.82. The molecule has 0 saturated carbocycles. The van der Waals surface area contributed by atoms with Crippen LogP contribution >= 0.6 is 11.3 Å². The van der Waals surface area contributed by atoms with E-state index in [1.54, 1.807) is 0 Å². The van der Waals surface area contributed by atoms with E-state index < -0.39 is 0 Å². The zero-order valence-electron chi connectivity index (χ0n) is 10.4. The number of nitrogens with zero attached hydrogens (tertiary/aromatic N) is 2. The third-order valence-corrected chi connectivity index (χ3v) is 3.35. The first-order chi connectivity index (χ1) is 7.56. The molecule has 0 spiro atoms. The summed E-state index contributed by atoms with van der Waals surface area (Å²) in [6.07, 6.45) is 0. The van der Waals surface area contributed by atoms with Crippen molar-refractivity contribution >= 4 is 17.2 Å².